The van der Waals surface area contributed by atoms with Crippen LogP contribution in [0.2, 0.25) is 5.02 Å². The van der Waals surface area contributed by atoms with E-state index in [9.17, 15) is 4.39 Å². The lowest BCUT2D eigenvalue weighted by Crippen LogP contribution is -2.06. The molecule has 2 nitrogen and oxygen atoms in total. The first-order valence-corrected chi connectivity index (χ1v) is 6.90. The highest BCUT2D eigenvalue weighted by molar-refractivity contribution is 6.31. The number of hydrogen-bond acceptors (Lipinski definition) is 1. The third kappa shape index (κ3) is 1.67. The van der Waals surface area contributed by atoms with Crippen LogP contribution >= 0.6 is 11.6 Å². The van der Waals surface area contributed by atoms with Crippen molar-refractivity contribution in [1.82, 2.24) is 9.88 Å². The number of nitrogens with zero attached hydrogens (tertiary/aromatic N) is 1. The number of hydrogen-bond donors (Lipinski definition) is 1. The smallest absolute Gasteiger partial charge is 0.123 e. The van der Waals surface area contributed by atoms with Crippen molar-refractivity contribution in [1.29, 1.82) is 0 Å². The van der Waals surface area contributed by atoms with Gasteiger partial charge in [0.1, 0.15) is 5.82 Å². The van der Waals surface area contributed by atoms with Crippen LogP contribution < -0.4 is 5.32 Å². The van der Waals surface area contributed by atoms with Gasteiger partial charge in [0.25, 0.3) is 0 Å². The van der Waals surface area contributed by atoms with Gasteiger partial charge in [-0.25, -0.2) is 4.39 Å². The van der Waals surface area contributed by atoms with E-state index in [0.717, 1.165) is 29.3 Å². The van der Waals surface area contributed by atoms with E-state index in [2.05, 4.69) is 9.88 Å². The third-order valence-electron chi connectivity index (χ3n) is 3.82. The molecule has 0 atom stereocenters. The summed E-state index contributed by atoms with van der Waals surface area (Å²) >= 11 is 6.12. The summed E-state index contributed by atoms with van der Waals surface area (Å²) in [6.07, 6.45) is 0. The lowest BCUT2D eigenvalue weighted by Gasteiger charge is -2.09. The van der Waals surface area contributed by atoms with E-state index in [1.807, 2.05) is 30.3 Å². The molecule has 0 saturated carbocycles. The molecule has 0 aliphatic carbocycles. The van der Waals surface area contributed by atoms with Gasteiger partial charge in [0.2, 0.25) is 0 Å². The molecule has 2 aromatic carbocycles. The highest BCUT2D eigenvalue weighted by Gasteiger charge is 2.22. The summed E-state index contributed by atoms with van der Waals surface area (Å²) in [5, 5.41) is 5.27. The van der Waals surface area contributed by atoms with Gasteiger partial charge in [0.05, 0.1) is 5.52 Å². The third-order valence-corrected chi connectivity index (χ3v) is 4.06. The van der Waals surface area contributed by atoms with Gasteiger partial charge in [-0.3, -0.25) is 0 Å². The largest absolute Gasteiger partial charge is 0.312 e. The van der Waals surface area contributed by atoms with Crippen molar-refractivity contribution in [3.05, 3.63) is 64.6 Å². The summed E-state index contributed by atoms with van der Waals surface area (Å²) in [5.74, 6) is -0.219. The number of nitrogens with one attached hydrogen (secondary N) is 1. The highest BCUT2D eigenvalue weighted by Crippen LogP contribution is 2.33. The molecule has 1 N–H and O–H groups in total. The molecule has 0 bridgehead atoms. The molecule has 4 heteroatoms. The monoisotopic (exact) mass is 286 g/mol. The normalized spacial score (nSPS) is 13.9. The van der Waals surface area contributed by atoms with Gasteiger partial charge in [0, 0.05) is 34.9 Å². The van der Waals surface area contributed by atoms with Crippen LogP contribution in [0, 0.1) is 5.82 Å². The summed E-state index contributed by atoms with van der Waals surface area (Å²) in [6, 6.07) is 12.5. The van der Waals surface area contributed by atoms with Gasteiger partial charge in [-0.05, 0) is 48.0 Å². The van der Waals surface area contributed by atoms with Crippen molar-refractivity contribution in [3.8, 4) is 5.69 Å². The van der Waals surface area contributed by atoms with Gasteiger partial charge in [-0.2, -0.15) is 0 Å². The van der Waals surface area contributed by atoms with Crippen molar-refractivity contribution < 1.29 is 4.39 Å². The lowest BCUT2D eigenvalue weighted by molar-refractivity contribution is 0.627. The van der Waals surface area contributed by atoms with Crippen molar-refractivity contribution >= 4 is 22.5 Å². The van der Waals surface area contributed by atoms with E-state index >= 15 is 0 Å². The van der Waals surface area contributed by atoms with Crippen LogP contribution in [0.4, 0.5) is 4.39 Å². The van der Waals surface area contributed by atoms with E-state index in [0.29, 0.717) is 0 Å². The molecule has 1 aliphatic rings. The minimum absolute atomic E-state index is 0.219. The van der Waals surface area contributed by atoms with Crippen LogP contribution in [0.3, 0.4) is 0 Å². The zero-order chi connectivity index (χ0) is 13.7. The fourth-order valence-electron chi connectivity index (χ4n) is 2.95. The van der Waals surface area contributed by atoms with Crippen molar-refractivity contribution in [3.63, 3.8) is 0 Å². The molecular formula is C16H12ClFN2. The Labute approximate surface area is 120 Å². The van der Waals surface area contributed by atoms with Gasteiger partial charge < -0.3 is 9.88 Å². The number of aromatic nitrogens is 1. The summed E-state index contributed by atoms with van der Waals surface area (Å²) < 4.78 is 15.3. The Kier molecular flexibility index (Phi) is 2.59. The molecule has 4 rings (SSSR count). The van der Waals surface area contributed by atoms with Crippen molar-refractivity contribution in [2.75, 3.05) is 0 Å². The number of fused-ring (bicyclic) bond motifs is 3. The SMILES string of the molecule is Fc1ccc(-n2c3c(c4cc(Cl)ccc42)CNC3)cc1. The topological polar surface area (TPSA) is 17.0 Å². The quantitative estimate of drug-likeness (QED) is 0.715. The van der Waals surface area contributed by atoms with Crippen molar-refractivity contribution in [2.24, 2.45) is 0 Å². The Morgan fingerprint density at radius 2 is 1.85 bits per heavy atom. The molecule has 0 spiro atoms. The van der Waals surface area contributed by atoms with E-state index < -0.39 is 0 Å². The van der Waals surface area contributed by atoms with Crippen LogP contribution in [0.5, 0.6) is 0 Å². The van der Waals surface area contributed by atoms with Crippen LogP contribution in [0.25, 0.3) is 16.6 Å². The summed E-state index contributed by atoms with van der Waals surface area (Å²) in [7, 11) is 0. The molecule has 0 unspecified atom stereocenters. The molecule has 0 fully saturated rings. The van der Waals surface area contributed by atoms with Gasteiger partial charge in [-0.15, -0.1) is 0 Å². The standard InChI is InChI=1S/C16H12ClFN2/c17-10-1-6-15-13(7-10)14-8-19-9-16(14)20(15)12-4-2-11(18)3-5-12/h1-7,19H,8-9H2. The average Bonchev–Trinajstić information content (AvgIpc) is 3.01. The number of halogens is 2. The van der Waals surface area contributed by atoms with E-state index in [1.54, 1.807) is 0 Å². The summed E-state index contributed by atoms with van der Waals surface area (Å²) in [5.41, 5.74) is 4.61. The van der Waals surface area contributed by atoms with Gasteiger partial charge in [-0.1, -0.05) is 11.6 Å². The van der Waals surface area contributed by atoms with Crippen LogP contribution in [-0.4, -0.2) is 4.57 Å². The average molecular weight is 287 g/mol. The molecule has 20 heavy (non-hydrogen) atoms. The molecule has 0 saturated heterocycles. The van der Waals surface area contributed by atoms with Gasteiger partial charge >= 0.3 is 0 Å². The Balaban J connectivity index is 2.06. The number of rotatable bonds is 1. The van der Waals surface area contributed by atoms with E-state index in [4.69, 9.17) is 11.6 Å². The van der Waals surface area contributed by atoms with Crippen molar-refractivity contribution in [2.45, 2.75) is 13.1 Å². The second-order valence-corrected chi connectivity index (χ2v) is 5.44. The molecule has 0 radical (unpaired) electrons. The molecule has 2 heterocycles. The first-order chi connectivity index (χ1) is 9.74. The Hall–Kier alpha value is -1.84. The Bertz CT molecular complexity index is 805. The molecule has 1 aromatic heterocycles. The molecule has 0 amide bonds. The predicted molar refractivity (Wildman–Crippen MR) is 78.8 cm³/mol. The van der Waals surface area contributed by atoms with Crippen LogP contribution in [0.1, 0.15) is 11.3 Å². The predicted octanol–water partition coefficient (Wildman–Crippen LogP) is 4.03. The summed E-state index contributed by atoms with van der Waals surface area (Å²) in [6.45, 7) is 1.67. The fraction of sp³-hybridized carbons (Fsp3) is 0.125. The Morgan fingerprint density at radius 3 is 2.65 bits per heavy atom. The Morgan fingerprint density at radius 1 is 1.05 bits per heavy atom. The summed E-state index contributed by atoms with van der Waals surface area (Å²) in [4.78, 5) is 0. The van der Waals surface area contributed by atoms with E-state index in [-0.39, 0.29) is 5.82 Å². The molecule has 3 aromatic rings. The fourth-order valence-corrected chi connectivity index (χ4v) is 3.13. The maximum Gasteiger partial charge on any atom is 0.123 e. The second kappa shape index (κ2) is 4.33. The minimum atomic E-state index is -0.219. The zero-order valence-electron chi connectivity index (χ0n) is 10.7. The van der Waals surface area contributed by atoms with Gasteiger partial charge in [0.15, 0.2) is 0 Å². The lowest BCUT2D eigenvalue weighted by atomic mass is 10.1. The minimum Gasteiger partial charge on any atom is -0.312 e. The maximum absolute atomic E-state index is 13.1. The highest BCUT2D eigenvalue weighted by atomic mass is 35.5. The van der Waals surface area contributed by atoms with Crippen LogP contribution in [-0.2, 0) is 13.1 Å². The molecule has 100 valence electrons. The molecule has 1 aliphatic heterocycles. The number of benzene rings is 2. The van der Waals surface area contributed by atoms with E-state index in [1.165, 1.54) is 28.8 Å². The van der Waals surface area contributed by atoms with Crippen LogP contribution in [0.15, 0.2) is 42.5 Å². The zero-order valence-corrected chi connectivity index (χ0v) is 11.4. The molecular weight excluding hydrogens is 275 g/mol. The first kappa shape index (κ1) is 11.9. The second-order valence-electron chi connectivity index (χ2n) is 5.00. The maximum atomic E-state index is 13.1. The first-order valence-electron chi connectivity index (χ1n) is 6.52.